The molecule has 2 atom stereocenters. The van der Waals surface area contributed by atoms with Crippen molar-refractivity contribution in [3.8, 4) is 0 Å². The van der Waals surface area contributed by atoms with E-state index in [0.717, 1.165) is 38.5 Å². The van der Waals surface area contributed by atoms with E-state index in [4.69, 9.17) is 14.2 Å². The lowest BCUT2D eigenvalue weighted by Gasteiger charge is -2.18. The lowest BCUT2D eigenvalue weighted by Crippen LogP contribution is -2.30. The molecule has 0 radical (unpaired) electrons. The molecule has 0 amide bonds. The number of carbonyl (C=O) groups excluding carboxylic acids is 3. The fourth-order valence-electron chi connectivity index (χ4n) is 2.65. The third-order valence-electron chi connectivity index (χ3n) is 4.37. The van der Waals surface area contributed by atoms with Crippen LogP contribution in [-0.2, 0) is 28.6 Å². The van der Waals surface area contributed by atoms with Crippen molar-refractivity contribution in [2.24, 2.45) is 5.92 Å². The molecule has 0 bridgehead atoms. The second-order valence-corrected chi connectivity index (χ2v) is 7.11. The molecule has 0 aromatic rings. The highest BCUT2D eigenvalue weighted by molar-refractivity contribution is 5.72. The van der Waals surface area contributed by atoms with Gasteiger partial charge in [-0.1, -0.05) is 39.5 Å². The Morgan fingerprint density at radius 1 is 1.04 bits per heavy atom. The molecule has 7 heteroatoms. The number of aldehydes is 1. The molecule has 7 nitrogen and oxygen atoms in total. The topological polar surface area (TPSA) is 90.9 Å². The van der Waals surface area contributed by atoms with Gasteiger partial charge in [0.15, 0.2) is 6.10 Å². The van der Waals surface area contributed by atoms with Gasteiger partial charge in [-0.2, -0.15) is 0 Å². The van der Waals surface area contributed by atoms with Gasteiger partial charge >= 0.3 is 11.9 Å². The predicted molar refractivity (Wildman–Crippen MR) is 108 cm³/mol. The van der Waals surface area contributed by atoms with Crippen molar-refractivity contribution in [2.75, 3.05) is 33.4 Å². The van der Waals surface area contributed by atoms with Gasteiger partial charge in [-0.3, -0.25) is 9.59 Å². The van der Waals surface area contributed by atoms with Gasteiger partial charge in [0.05, 0.1) is 12.5 Å². The third-order valence-corrected chi connectivity index (χ3v) is 4.37. The van der Waals surface area contributed by atoms with Gasteiger partial charge in [0.25, 0.3) is 0 Å². The fourth-order valence-corrected chi connectivity index (χ4v) is 2.65. The molecular weight excluding hydrogens is 362 g/mol. The van der Waals surface area contributed by atoms with E-state index < -0.39 is 6.10 Å². The molecule has 0 aliphatic rings. The van der Waals surface area contributed by atoms with Crippen LogP contribution >= 0.6 is 0 Å². The number of rotatable bonds is 19. The van der Waals surface area contributed by atoms with Crippen LogP contribution in [-0.4, -0.2) is 57.7 Å². The summed E-state index contributed by atoms with van der Waals surface area (Å²) in [6.45, 7) is 5.67. The molecular formula is C21H39NO6. The van der Waals surface area contributed by atoms with Gasteiger partial charge in [-0.15, -0.1) is 0 Å². The summed E-state index contributed by atoms with van der Waals surface area (Å²) in [5.74, 6) is -0.741. The average molecular weight is 402 g/mol. The van der Waals surface area contributed by atoms with Crippen LogP contribution in [0.5, 0.6) is 0 Å². The number of hydrogen-bond donors (Lipinski definition) is 1. The highest BCUT2D eigenvalue weighted by Gasteiger charge is 2.19. The summed E-state index contributed by atoms with van der Waals surface area (Å²) in [4.78, 5) is 34.3. The molecule has 0 saturated carbocycles. The van der Waals surface area contributed by atoms with E-state index in [1.165, 1.54) is 20.0 Å². The summed E-state index contributed by atoms with van der Waals surface area (Å²) in [6.07, 6.45) is 7.89. The molecule has 0 fully saturated rings. The average Bonchev–Trinajstić information content (AvgIpc) is 2.68. The van der Waals surface area contributed by atoms with Crippen molar-refractivity contribution >= 4 is 18.2 Å². The van der Waals surface area contributed by atoms with E-state index >= 15 is 0 Å². The molecule has 0 aromatic carbocycles. The zero-order valence-corrected chi connectivity index (χ0v) is 17.9. The molecule has 0 aliphatic heterocycles. The smallest absolute Gasteiger partial charge is 0.308 e. The first-order valence-electron chi connectivity index (χ1n) is 10.5. The third kappa shape index (κ3) is 15.6. The van der Waals surface area contributed by atoms with Crippen LogP contribution in [0.25, 0.3) is 0 Å². The molecule has 2 unspecified atom stereocenters. The number of nitrogens with one attached hydrogen (secondary N) is 1. The number of ether oxygens (including phenoxy) is 3. The van der Waals surface area contributed by atoms with Gasteiger partial charge in [0, 0.05) is 20.0 Å². The zero-order valence-electron chi connectivity index (χ0n) is 17.9. The molecule has 0 saturated heterocycles. The Morgan fingerprint density at radius 3 is 2.46 bits per heavy atom. The van der Waals surface area contributed by atoms with E-state index in [1.54, 1.807) is 0 Å². The van der Waals surface area contributed by atoms with Gasteiger partial charge in [0.2, 0.25) is 0 Å². The first kappa shape index (κ1) is 26.5. The van der Waals surface area contributed by atoms with Crippen LogP contribution < -0.4 is 5.32 Å². The monoisotopic (exact) mass is 401 g/mol. The Balaban J connectivity index is 4.00. The Labute approximate surface area is 169 Å². The lowest BCUT2D eigenvalue weighted by molar-refractivity contribution is -0.164. The van der Waals surface area contributed by atoms with Crippen LogP contribution in [0.3, 0.4) is 0 Å². The van der Waals surface area contributed by atoms with Crippen LogP contribution in [0.2, 0.25) is 0 Å². The minimum Gasteiger partial charge on any atom is -0.461 e. The van der Waals surface area contributed by atoms with E-state index in [9.17, 15) is 14.4 Å². The van der Waals surface area contributed by atoms with Crippen molar-refractivity contribution < 1.29 is 28.6 Å². The maximum atomic E-state index is 12.1. The van der Waals surface area contributed by atoms with Crippen LogP contribution in [0.4, 0.5) is 0 Å². The Kier molecular flexibility index (Phi) is 17.9. The van der Waals surface area contributed by atoms with E-state index in [0.29, 0.717) is 19.4 Å². The van der Waals surface area contributed by atoms with Crippen molar-refractivity contribution in [1.29, 1.82) is 0 Å². The summed E-state index contributed by atoms with van der Waals surface area (Å²) in [7, 11) is 1.52. The lowest BCUT2D eigenvalue weighted by atomic mass is 10.0. The van der Waals surface area contributed by atoms with Gasteiger partial charge < -0.3 is 24.3 Å². The molecule has 0 heterocycles. The largest absolute Gasteiger partial charge is 0.461 e. The van der Waals surface area contributed by atoms with Crippen molar-refractivity contribution in [1.82, 2.24) is 5.32 Å². The number of carbonyl (C=O) groups is 3. The predicted octanol–water partition coefficient (Wildman–Crippen LogP) is 3.04. The number of methoxy groups -OCH3 is 1. The van der Waals surface area contributed by atoms with Crippen molar-refractivity contribution in [2.45, 2.75) is 77.7 Å². The van der Waals surface area contributed by atoms with Crippen LogP contribution in [0, 0.1) is 5.92 Å². The van der Waals surface area contributed by atoms with E-state index in [1.807, 2.05) is 6.92 Å². The minimum atomic E-state index is -0.589. The number of esters is 2. The molecule has 0 aliphatic carbocycles. The van der Waals surface area contributed by atoms with Crippen LogP contribution in [0.1, 0.15) is 71.6 Å². The Bertz CT molecular complexity index is 416. The van der Waals surface area contributed by atoms with Gasteiger partial charge in [-0.25, -0.2) is 0 Å². The van der Waals surface area contributed by atoms with Gasteiger partial charge in [0.1, 0.15) is 12.9 Å². The van der Waals surface area contributed by atoms with Gasteiger partial charge in [-0.05, 0) is 32.4 Å². The summed E-state index contributed by atoms with van der Waals surface area (Å²) in [5.41, 5.74) is 0. The first-order chi connectivity index (χ1) is 13.5. The molecule has 0 aromatic heterocycles. The summed E-state index contributed by atoms with van der Waals surface area (Å²) in [5, 5.41) is 3.17. The molecule has 1 N–H and O–H groups in total. The summed E-state index contributed by atoms with van der Waals surface area (Å²) in [6, 6.07) is 0. The minimum absolute atomic E-state index is 0.0155. The molecule has 0 spiro atoms. The normalized spacial score (nSPS) is 13.0. The summed E-state index contributed by atoms with van der Waals surface area (Å²) < 4.78 is 15.7. The molecule has 28 heavy (non-hydrogen) atoms. The maximum absolute atomic E-state index is 12.1. The summed E-state index contributed by atoms with van der Waals surface area (Å²) >= 11 is 0. The maximum Gasteiger partial charge on any atom is 0.308 e. The van der Waals surface area contributed by atoms with Crippen LogP contribution in [0.15, 0.2) is 0 Å². The molecule has 164 valence electrons. The second-order valence-electron chi connectivity index (χ2n) is 7.11. The standard InChI is InChI=1S/C21H39NO6/c1-4-5-6-7-11-18(2)21(25)27-17-19(16-26-3)28-20(24)12-10-14-22-13-8-9-15-23/h15,18-19,22H,4-14,16-17H2,1-3H3. The highest BCUT2D eigenvalue weighted by atomic mass is 16.6. The Hall–Kier alpha value is -1.47. The highest BCUT2D eigenvalue weighted by Crippen LogP contribution is 2.12. The first-order valence-corrected chi connectivity index (χ1v) is 10.5. The van der Waals surface area contributed by atoms with E-state index in [2.05, 4.69) is 12.2 Å². The fraction of sp³-hybridized carbons (Fsp3) is 0.857. The molecule has 0 rings (SSSR count). The SMILES string of the molecule is CCCCCCC(C)C(=O)OCC(COC)OC(=O)CCCNCCCC=O. The van der Waals surface area contributed by atoms with Crippen molar-refractivity contribution in [3.63, 3.8) is 0 Å². The second kappa shape index (κ2) is 18.9. The Morgan fingerprint density at radius 2 is 1.79 bits per heavy atom. The van der Waals surface area contributed by atoms with E-state index in [-0.39, 0.29) is 37.5 Å². The number of unbranched alkanes of at least 4 members (excludes halogenated alkanes) is 4. The number of hydrogen-bond acceptors (Lipinski definition) is 7. The quantitative estimate of drug-likeness (QED) is 0.202. The van der Waals surface area contributed by atoms with Crippen molar-refractivity contribution in [3.05, 3.63) is 0 Å². The zero-order chi connectivity index (χ0) is 21.0.